The van der Waals surface area contributed by atoms with E-state index in [0.717, 1.165) is 24.3 Å². The van der Waals surface area contributed by atoms with Gasteiger partial charge in [0.05, 0.1) is 0 Å². The van der Waals surface area contributed by atoms with Crippen molar-refractivity contribution in [2.45, 2.75) is 9.79 Å². The van der Waals surface area contributed by atoms with Gasteiger partial charge in [0.25, 0.3) is 20.2 Å². The van der Waals surface area contributed by atoms with E-state index < -0.39 is 46.9 Å². The van der Waals surface area contributed by atoms with Gasteiger partial charge in [-0.2, -0.15) is 16.8 Å². The van der Waals surface area contributed by atoms with Gasteiger partial charge in [0.2, 0.25) is 0 Å². The number of hydrogen-bond acceptors (Lipinski definition) is 7. The molecule has 0 bridgehead atoms. The number of nitrogens with two attached hydrogens (primary N) is 2. The zero-order valence-electron chi connectivity index (χ0n) is 11.9. The van der Waals surface area contributed by atoms with Crippen molar-refractivity contribution >= 4 is 37.4 Å². The first kappa shape index (κ1) is 17.9. The number of nitrogen functional groups attached to an aromatic ring is 2. The molecule has 6 N–H and O–H groups in total. The lowest BCUT2D eigenvalue weighted by Crippen LogP contribution is -2.14. The highest BCUT2D eigenvalue weighted by molar-refractivity contribution is 7.86. The minimum atomic E-state index is -4.80. The van der Waals surface area contributed by atoms with Crippen LogP contribution in [0.4, 0.5) is 11.4 Å². The van der Waals surface area contributed by atoms with Crippen molar-refractivity contribution in [3.8, 4) is 0 Å². The summed E-state index contributed by atoms with van der Waals surface area (Å²) in [5.74, 6) is -1.06. The lowest BCUT2D eigenvalue weighted by Gasteiger charge is -2.10. The van der Waals surface area contributed by atoms with Crippen LogP contribution in [-0.2, 0) is 20.2 Å². The van der Waals surface area contributed by atoms with E-state index in [2.05, 4.69) is 0 Å². The summed E-state index contributed by atoms with van der Waals surface area (Å²) in [6.45, 7) is 0. The van der Waals surface area contributed by atoms with Crippen molar-refractivity contribution < 1.29 is 30.7 Å². The highest BCUT2D eigenvalue weighted by Crippen LogP contribution is 2.26. The topological polar surface area (TPSA) is 178 Å². The fourth-order valence-electron chi connectivity index (χ4n) is 2.02. The van der Waals surface area contributed by atoms with E-state index in [-0.39, 0.29) is 11.4 Å². The summed E-state index contributed by atoms with van der Waals surface area (Å²) in [7, 11) is -9.61. The van der Waals surface area contributed by atoms with Crippen LogP contribution in [0.1, 0.15) is 15.9 Å². The lowest BCUT2D eigenvalue weighted by atomic mass is 10.0. The van der Waals surface area contributed by atoms with E-state index in [1.807, 2.05) is 0 Å². The number of ketones is 1. The van der Waals surface area contributed by atoms with Crippen molar-refractivity contribution in [1.82, 2.24) is 0 Å². The summed E-state index contributed by atoms with van der Waals surface area (Å²) in [6, 6.07) is 6.15. The molecule has 0 spiro atoms. The van der Waals surface area contributed by atoms with Crippen LogP contribution >= 0.6 is 0 Å². The Labute approximate surface area is 137 Å². The molecule has 128 valence electrons. The Morgan fingerprint density at radius 1 is 0.750 bits per heavy atom. The third kappa shape index (κ3) is 3.54. The van der Waals surface area contributed by atoms with Crippen LogP contribution in [0.25, 0.3) is 0 Å². The summed E-state index contributed by atoms with van der Waals surface area (Å²) < 4.78 is 64.2. The molecule has 9 nitrogen and oxygen atoms in total. The molecule has 0 saturated carbocycles. The summed E-state index contributed by atoms with van der Waals surface area (Å²) in [5, 5.41) is 0. The second-order valence-electron chi connectivity index (χ2n) is 4.79. The predicted octanol–water partition coefficient (Wildman–Crippen LogP) is 0.575. The number of carbonyl (C=O) groups is 1. The minimum absolute atomic E-state index is 0.0357. The van der Waals surface area contributed by atoms with Gasteiger partial charge in [-0.1, -0.05) is 0 Å². The summed E-state index contributed by atoms with van der Waals surface area (Å²) in [4.78, 5) is 11.0. The monoisotopic (exact) mass is 372 g/mol. The van der Waals surface area contributed by atoms with Gasteiger partial charge in [0.1, 0.15) is 9.79 Å². The Kier molecular flexibility index (Phi) is 4.37. The number of carbonyl (C=O) groups excluding carboxylic acids is 1. The lowest BCUT2D eigenvalue weighted by molar-refractivity contribution is 0.103. The molecule has 11 heteroatoms. The van der Waals surface area contributed by atoms with Crippen LogP contribution < -0.4 is 11.5 Å². The van der Waals surface area contributed by atoms with E-state index >= 15 is 0 Å². The molecule has 2 rings (SSSR count). The van der Waals surface area contributed by atoms with Crippen molar-refractivity contribution in [2.75, 3.05) is 11.5 Å². The SMILES string of the molecule is Nc1ccc(C(=O)c2ccc(N)cc2S(=O)(=O)O)c(S(=O)(=O)O)c1. The molecule has 0 unspecified atom stereocenters. The Morgan fingerprint density at radius 3 is 1.38 bits per heavy atom. The quantitative estimate of drug-likeness (QED) is 0.339. The second kappa shape index (κ2) is 5.87. The van der Waals surface area contributed by atoms with Crippen LogP contribution in [0.5, 0.6) is 0 Å². The molecule has 0 amide bonds. The van der Waals surface area contributed by atoms with Crippen molar-refractivity contribution in [2.24, 2.45) is 0 Å². The molecule has 24 heavy (non-hydrogen) atoms. The molecule has 0 aromatic heterocycles. The number of rotatable bonds is 4. The van der Waals surface area contributed by atoms with Gasteiger partial charge in [0, 0.05) is 22.5 Å². The van der Waals surface area contributed by atoms with E-state index in [4.69, 9.17) is 11.5 Å². The molecule has 0 fully saturated rings. The first-order chi connectivity index (χ1) is 10.9. The average molecular weight is 372 g/mol. The third-order valence-electron chi connectivity index (χ3n) is 3.06. The highest BCUT2D eigenvalue weighted by Gasteiger charge is 2.26. The number of anilines is 2. The van der Waals surface area contributed by atoms with Gasteiger partial charge in [-0.25, -0.2) is 0 Å². The largest absolute Gasteiger partial charge is 0.399 e. The average Bonchev–Trinajstić information content (AvgIpc) is 2.44. The Bertz CT molecular complexity index is 960. The summed E-state index contributed by atoms with van der Waals surface area (Å²) >= 11 is 0. The van der Waals surface area contributed by atoms with Crippen LogP contribution in [0.3, 0.4) is 0 Å². The first-order valence-corrected chi connectivity index (χ1v) is 9.08. The fraction of sp³-hybridized carbons (Fsp3) is 0. The molecular formula is C13H12N2O7S2. The summed E-state index contributed by atoms with van der Waals surface area (Å²) in [5.41, 5.74) is 9.79. The zero-order valence-corrected chi connectivity index (χ0v) is 13.5. The molecule has 2 aromatic carbocycles. The fourth-order valence-corrected chi connectivity index (χ4v) is 3.47. The molecule has 0 saturated heterocycles. The Morgan fingerprint density at radius 2 is 1.08 bits per heavy atom. The van der Waals surface area contributed by atoms with Crippen molar-refractivity contribution in [3.05, 3.63) is 47.5 Å². The van der Waals surface area contributed by atoms with E-state index in [1.165, 1.54) is 12.1 Å². The normalized spacial score (nSPS) is 12.1. The smallest absolute Gasteiger partial charge is 0.295 e. The van der Waals surface area contributed by atoms with E-state index in [1.54, 1.807) is 0 Å². The van der Waals surface area contributed by atoms with Crippen LogP contribution in [0.2, 0.25) is 0 Å². The first-order valence-electron chi connectivity index (χ1n) is 6.20. The molecule has 0 radical (unpaired) electrons. The van der Waals surface area contributed by atoms with E-state index in [9.17, 15) is 30.7 Å². The molecule has 0 aliphatic heterocycles. The maximum Gasteiger partial charge on any atom is 0.295 e. The van der Waals surface area contributed by atoms with Gasteiger partial charge in [-0.3, -0.25) is 13.9 Å². The van der Waals surface area contributed by atoms with Crippen molar-refractivity contribution in [1.29, 1.82) is 0 Å². The molecular weight excluding hydrogens is 360 g/mol. The maximum absolute atomic E-state index is 12.6. The van der Waals surface area contributed by atoms with Gasteiger partial charge in [-0.05, 0) is 36.4 Å². The number of benzene rings is 2. The van der Waals surface area contributed by atoms with Crippen LogP contribution in [-0.4, -0.2) is 31.7 Å². The molecule has 0 heterocycles. The maximum atomic E-state index is 12.6. The van der Waals surface area contributed by atoms with Crippen molar-refractivity contribution in [3.63, 3.8) is 0 Å². The van der Waals surface area contributed by atoms with Gasteiger partial charge in [0.15, 0.2) is 5.78 Å². The van der Waals surface area contributed by atoms with Gasteiger partial charge >= 0.3 is 0 Å². The third-order valence-corrected chi connectivity index (χ3v) is 4.84. The van der Waals surface area contributed by atoms with Gasteiger partial charge in [-0.15, -0.1) is 0 Å². The summed E-state index contributed by atoms with van der Waals surface area (Å²) in [6.07, 6.45) is 0. The standard InChI is InChI=1S/C13H12N2O7S2/c14-7-1-3-9(11(5-7)23(17,18)19)13(16)10-4-2-8(15)6-12(10)24(20,21)22/h1-6H,14-15H2,(H,17,18,19)(H,20,21,22). The molecule has 0 atom stereocenters. The molecule has 2 aromatic rings. The Balaban J connectivity index is 2.77. The second-order valence-corrected chi connectivity index (χ2v) is 7.57. The van der Waals surface area contributed by atoms with Crippen LogP contribution in [0.15, 0.2) is 46.2 Å². The van der Waals surface area contributed by atoms with Gasteiger partial charge < -0.3 is 11.5 Å². The minimum Gasteiger partial charge on any atom is -0.399 e. The zero-order chi connectivity index (χ0) is 18.3. The molecule has 0 aliphatic carbocycles. The molecule has 0 aliphatic rings. The number of hydrogen-bond donors (Lipinski definition) is 4. The van der Waals surface area contributed by atoms with Crippen LogP contribution in [0, 0.1) is 0 Å². The highest BCUT2D eigenvalue weighted by atomic mass is 32.2. The Hall–Kier alpha value is -2.47. The van der Waals surface area contributed by atoms with E-state index in [0.29, 0.717) is 0 Å². The predicted molar refractivity (Wildman–Crippen MR) is 84.8 cm³/mol.